The number of rotatable bonds is 8. The molecule has 0 aromatic heterocycles. The van der Waals surface area contributed by atoms with Crippen LogP contribution in [0, 0.1) is 0 Å². The highest BCUT2D eigenvalue weighted by atomic mass is 19.4. The molecular weight excluding hydrogens is 453 g/mol. The van der Waals surface area contributed by atoms with Crippen molar-refractivity contribution >= 4 is 23.5 Å². The lowest BCUT2D eigenvalue weighted by Crippen LogP contribution is -2.32. The number of ether oxygens (including phenoxy) is 2. The lowest BCUT2D eigenvalue weighted by Gasteiger charge is -2.10. The van der Waals surface area contributed by atoms with E-state index >= 15 is 0 Å². The monoisotopic (exact) mass is 472 g/mol. The Morgan fingerprint density at radius 3 is 2.18 bits per heavy atom. The van der Waals surface area contributed by atoms with Crippen LogP contribution in [0.4, 0.5) is 18.9 Å². The van der Waals surface area contributed by atoms with E-state index in [1.807, 2.05) is 18.2 Å². The van der Waals surface area contributed by atoms with Crippen LogP contribution in [0.2, 0.25) is 0 Å². The van der Waals surface area contributed by atoms with Crippen molar-refractivity contribution < 1.29 is 37.0 Å². The Morgan fingerprint density at radius 1 is 0.824 bits per heavy atom. The fourth-order valence-corrected chi connectivity index (χ4v) is 2.72. The van der Waals surface area contributed by atoms with Crippen LogP contribution in [0.15, 0.2) is 78.9 Å². The summed E-state index contributed by atoms with van der Waals surface area (Å²) in [5, 5.41) is 4.56. The van der Waals surface area contributed by atoms with Crippen molar-refractivity contribution in [2.24, 2.45) is 0 Å². The predicted molar refractivity (Wildman–Crippen MR) is 116 cm³/mol. The first-order valence-corrected chi connectivity index (χ1v) is 9.94. The molecule has 3 rings (SSSR count). The molecule has 176 valence electrons. The van der Waals surface area contributed by atoms with Crippen LogP contribution in [-0.4, -0.2) is 30.9 Å². The topological polar surface area (TPSA) is 93.7 Å². The molecule has 0 saturated heterocycles. The Balaban J connectivity index is 1.41. The maximum Gasteiger partial charge on any atom is 0.416 e. The van der Waals surface area contributed by atoms with Crippen LogP contribution in [0.1, 0.15) is 15.9 Å². The second-order valence-corrected chi connectivity index (χ2v) is 6.91. The molecule has 34 heavy (non-hydrogen) atoms. The van der Waals surface area contributed by atoms with E-state index in [4.69, 9.17) is 9.47 Å². The van der Waals surface area contributed by atoms with Gasteiger partial charge in [0.2, 0.25) is 0 Å². The van der Waals surface area contributed by atoms with Crippen molar-refractivity contribution in [3.05, 3.63) is 90.0 Å². The summed E-state index contributed by atoms with van der Waals surface area (Å²) in [6.45, 7) is -1.23. The van der Waals surface area contributed by atoms with Crippen molar-refractivity contribution in [3.8, 4) is 11.5 Å². The van der Waals surface area contributed by atoms with E-state index in [1.165, 1.54) is 18.2 Å². The van der Waals surface area contributed by atoms with Gasteiger partial charge < -0.3 is 20.1 Å². The molecule has 2 amide bonds. The van der Waals surface area contributed by atoms with Gasteiger partial charge in [-0.05, 0) is 54.6 Å². The lowest BCUT2D eigenvalue weighted by molar-refractivity contribution is -0.146. The number of nitrogens with one attached hydrogen (secondary N) is 2. The van der Waals surface area contributed by atoms with E-state index in [0.29, 0.717) is 11.5 Å². The van der Waals surface area contributed by atoms with Gasteiger partial charge in [0, 0.05) is 11.3 Å². The SMILES string of the molecule is O=C(COC(=O)CNC(=O)c1ccc(Oc2ccccc2)cc1)Nc1cccc(C(F)(F)F)c1. The average molecular weight is 472 g/mol. The number of amides is 2. The second-order valence-electron chi connectivity index (χ2n) is 6.91. The normalized spacial score (nSPS) is 10.8. The molecule has 0 saturated carbocycles. The molecule has 10 heteroatoms. The van der Waals surface area contributed by atoms with Gasteiger partial charge in [-0.3, -0.25) is 14.4 Å². The Bertz CT molecular complexity index is 1150. The van der Waals surface area contributed by atoms with Crippen molar-refractivity contribution in [3.63, 3.8) is 0 Å². The third kappa shape index (κ3) is 7.37. The zero-order valence-corrected chi connectivity index (χ0v) is 17.6. The molecular formula is C24H19F3N2O5. The highest BCUT2D eigenvalue weighted by Crippen LogP contribution is 2.30. The molecule has 0 aliphatic carbocycles. The van der Waals surface area contributed by atoms with E-state index in [2.05, 4.69) is 10.6 Å². The molecule has 0 atom stereocenters. The number of halogens is 3. The van der Waals surface area contributed by atoms with Crippen LogP contribution < -0.4 is 15.4 Å². The largest absolute Gasteiger partial charge is 0.457 e. The van der Waals surface area contributed by atoms with Gasteiger partial charge >= 0.3 is 12.1 Å². The lowest BCUT2D eigenvalue weighted by atomic mass is 10.2. The van der Waals surface area contributed by atoms with Crippen LogP contribution in [-0.2, 0) is 20.5 Å². The van der Waals surface area contributed by atoms with Gasteiger partial charge in [-0.25, -0.2) is 0 Å². The molecule has 2 N–H and O–H groups in total. The van der Waals surface area contributed by atoms with Crippen molar-refractivity contribution in [1.82, 2.24) is 5.32 Å². The fraction of sp³-hybridized carbons (Fsp3) is 0.125. The molecule has 7 nitrogen and oxygen atoms in total. The maximum atomic E-state index is 12.7. The average Bonchev–Trinajstić information content (AvgIpc) is 2.82. The number of carbonyl (C=O) groups is 3. The molecule has 3 aromatic rings. The number of anilines is 1. The first-order chi connectivity index (χ1) is 16.2. The Morgan fingerprint density at radius 2 is 1.50 bits per heavy atom. The van der Waals surface area contributed by atoms with E-state index < -0.39 is 42.7 Å². The second kappa shape index (κ2) is 11.0. The number of benzene rings is 3. The molecule has 0 unspecified atom stereocenters. The van der Waals surface area contributed by atoms with Crippen LogP contribution >= 0.6 is 0 Å². The maximum absolute atomic E-state index is 12.7. The number of para-hydroxylation sites is 1. The van der Waals surface area contributed by atoms with Gasteiger partial charge in [-0.15, -0.1) is 0 Å². The Hall–Kier alpha value is -4.34. The minimum atomic E-state index is -4.55. The van der Waals surface area contributed by atoms with Gasteiger partial charge in [0.1, 0.15) is 18.0 Å². The summed E-state index contributed by atoms with van der Waals surface area (Å²) < 4.78 is 48.5. The summed E-state index contributed by atoms with van der Waals surface area (Å²) in [5.74, 6) is -1.10. The summed E-state index contributed by atoms with van der Waals surface area (Å²) >= 11 is 0. The zero-order valence-electron chi connectivity index (χ0n) is 17.6. The van der Waals surface area contributed by atoms with Crippen LogP contribution in [0.3, 0.4) is 0 Å². The number of alkyl halides is 3. The molecule has 0 aliphatic heterocycles. The summed E-state index contributed by atoms with van der Waals surface area (Å²) in [4.78, 5) is 35.8. The van der Waals surface area contributed by atoms with E-state index in [-0.39, 0.29) is 11.3 Å². The molecule has 3 aromatic carbocycles. The van der Waals surface area contributed by atoms with E-state index in [0.717, 1.165) is 18.2 Å². The zero-order chi connectivity index (χ0) is 24.6. The van der Waals surface area contributed by atoms with Gasteiger partial charge in [0.15, 0.2) is 6.61 Å². The summed E-state index contributed by atoms with van der Waals surface area (Å²) in [5.41, 5.74) is -0.746. The molecule has 0 bridgehead atoms. The Labute approximate surface area is 192 Å². The number of esters is 1. The number of hydrogen-bond donors (Lipinski definition) is 2. The molecule has 0 fully saturated rings. The molecule has 0 spiro atoms. The first kappa shape index (κ1) is 24.3. The molecule has 0 radical (unpaired) electrons. The smallest absolute Gasteiger partial charge is 0.416 e. The molecule has 0 heterocycles. The summed E-state index contributed by atoms with van der Waals surface area (Å²) in [7, 11) is 0. The first-order valence-electron chi connectivity index (χ1n) is 9.94. The van der Waals surface area contributed by atoms with Gasteiger partial charge in [-0.1, -0.05) is 24.3 Å². The van der Waals surface area contributed by atoms with Crippen LogP contribution in [0.5, 0.6) is 11.5 Å². The van der Waals surface area contributed by atoms with Crippen molar-refractivity contribution in [2.75, 3.05) is 18.5 Å². The minimum Gasteiger partial charge on any atom is -0.457 e. The van der Waals surface area contributed by atoms with Gasteiger partial charge in [0.25, 0.3) is 11.8 Å². The third-order valence-corrected chi connectivity index (χ3v) is 4.33. The van der Waals surface area contributed by atoms with E-state index in [9.17, 15) is 27.6 Å². The quantitative estimate of drug-likeness (QED) is 0.474. The fourth-order valence-electron chi connectivity index (χ4n) is 2.72. The molecule has 0 aliphatic rings. The summed E-state index contributed by atoms with van der Waals surface area (Å²) in [6.07, 6.45) is -4.55. The highest BCUT2D eigenvalue weighted by molar-refractivity contribution is 5.96. The van der Waals surface area contributed by atoms with Crippen molar-refractivity contribution in [1.29, 1.82) is 0 Å². The highest BCUT2D eigenvalue weighted by Gasteiger charge is 2.30. The van der Waals surface area contributed by atoms with E-state index in [1.54, 1.807) is 24.3 Å². The third-order valence-electron chi connectivity index (χ3n) is 4.33. The minimum absolute atomic E-state index is 0.0936. The number of hydrogen-bond acceptors (Lipinski definition) is 5. The van der Waals surface area contributed by atoms with Gasteiger partial charge in [-0.2, -0.15) is 13.2 Å². The van der Waals surface area contributed by atoms with Crippen LogP contribution in [0.25, 0.3) is 0 Å². The standard InChI is InChI=1S/C24H19F3N2O5/c25-24(26,27)17-5-4-6-18(13-17)29-21(30)15-33-22(31)14-28-23(32)16-9-11-20(12-10-16)34-19-7-2-1-3-8-19/h1-13H,14-15H2,(H,28,32)(H,29,30). The Kier molecular flexibility index (Phi) is 7.86. The predicted octanol–water partition coefficient (Wildman–Crippen LogP) is 4.41. The van der Waals surface area contributed by atoms with Gasteiger partial charge in [0.05, 0.1) is 5.56 Å². The summed E-state index contributed by atoms with van der Waals surface area (Å²) in [6, 6.07) is 19.3. The number of carbonyl (C=O) groups excluding carboxylic acids is 3. The van der Waals surface area contributed by atoms with Crippen molar-refractivity contribution in [2.45, 2.75) is 6.18 Å².